The van der Waals surface area contributed by atoms with Crippen LogP contribution in [-0.4, -0.2) is 51.4 Å². The van der Waals surface area contributed by atoms with Crippen LogP contribution in [0.5, 0.6) is 0 Å². The molecule has 3 aliphatic heterocycles. The smallest absolute Gasteiger partial charge is 0.246 e. The molecule has 0 unspecified atom stereocenters. The molecule has 3 heterocycles. The zero-order valence-corrected chi connectivity index (χ0v) is 19.9. The Morgan fingerprint density at radius 3 is 2.42 bits per heavy atom. The molecule has 8 heteroatoms. The number of likely N-dealkylation sites (tertiary alicyclic amines) is 1. The Morgan fingerprint density at radius 1 is 1.15 bits per heavy atom. The molecule has 0 aliphatic carbocycles. The van der Waals surface area contributed by atoms with E-state index in [4.69, 9.17) is 4.74 Å². The topological polar surface area (TPSA) is 87.7 Å². The molecule has 2 fully saturated rings. The second kappa shape index (κ2) is 7.65. The molecule has 2 N–H and O–H groups in total. The first-order valence-electron chi connectivity index (χ1n) is 11.4. The van der Waals surface area contributed by atoms with Crippen molar-refractivity contribution in [1.82, 2.24) is 10.2 Å². The predicted molar refractivity (Wildman–Crippen MR) is 122 cm³/mol. The van der Waals surface area contributed by atoms with Crippen molar-refractivity contribution in [3.63, 3.8) is 0 Å². The van der Waals surface area contributed by atoms with Gasteiger partial charge in [0, 0.05) is 11.1 Å². The fourth-order valence-electron chi connectivity index (χ4n) is 5.21. The minimum Gasteiger partial charge on any atom is -0.359 e. The van der Waals surface area contributed by atoms with E-state index in [2.05, 4.69) is 10.6 Å². The summed E-state index contributed by atoms with van der Waals surface area (Å²) in [6.07, 6.45) is 3.46. The highest BCUT2D eigenvalue weighted by molar-refractivity contribution is 6.03. The number of hydrogen-bond donors (Lipinski definition) is 2. The zero-order chi connectivity index (χ0) is 24.3. The average Bonchev–Trinajstić information content (AvgIpc) is 3.36. The normalized spacial score (nSPS) is 30.5. The van der Waals surface area contributed by atoms with Gasteiger partial charge in [0.05, 0.1) is 23.6 Å². The Hall–Kier alpha value is -2.74. The van der Waals surface area contributed by atoms with Crippen molar-refractivity contribution in [1.29, 1.82) is 0 Å². The molecule has 2 saturated heterocycles. The number of ether oxygens (including phenoxy) is 1. The van der Waals surface area contributed by atoms with Crippen molar-refractivity contribution in [3.05, 3.63) is 42.2 Å². The summed E-state index contributed by atoms with van der Waals surface area (Å²) in [5.74, 6) is -3.42. The first kappa shape index (κ1) is 23.4. The third kappa shape index (κ3) is 3.64. The van der Waals surface area contributed by atoms with Gasteiger partial charge in [0.1, 0.15) is 17.5 Å². The molecule has 178 valence electrons. The number of amides is 3. The van der Waals surface area contributed by atoms with Crippen molar-refractivity contribution in [2.45, 2.75) is 76.8 Å². The summed E-state index contributed by atoms with van der Waals surface area (Å²) in [4.78, 5) is 42.3. The highest BCUT2D eigenvalue weighted by Crippen LogP contribution is 2.56. The van der Waals surface area contributed by atoms with Crippen LogP contribution >= 0.6 is 0 Å². The monoisotopic (exact) mass is 457 g/mol. The van der Waals surface area contributed by atoms with Gasteiger partial charge in [-0.25, -0.2) is 4.39 Å². The van der Waals surface area contributed by atoms with Crippen LogP contribution in [0.4, 0.5) is 10.1 Å². The summed E-state index contributed by atoms with van der Waals surface area (Å²) in [5, 5.41) is 5.61. The lowest BCUT2D eigenvalue weighted by atomic mass is 9.74. The lowest BCUT2D eigenvalue weighted by Crippen LogP contribution is -2.61. The number of rotatable bonds is 5. The van der Waals surface area contributed by atoms with Gasteiger partial charge < -0.3 is 20.3 Å². The summed E-state index contributed by atoms with van der Waals surface area (Å²) in [6.45, 7) is 11.4. The Labute approximate surface area is 193 Å². The standard InChI is InChI=1S/C25H32FN3O4/c1-7-24(5,6)29-19(21(31)28-23(2,3)4)25-13-12-16(33-25)17(18(25)22(29)32)20(30)27-15-11-9-8-10-14(15)26/h8-13,16-19H,7H2,1-6H3,(H,27,30)(H,28,31)/t16-,17-,18+,19-,25+/m1/s1. The number of carbonyl (C=O) groups is 3. The molecule has 3 amide bonds. The van der Waals surface area contributed by atoms with Crippen LogP contribution in [0, 0.1) is 17.7 Å². The van der Waals surface area contributed by atoms with Crippen LogP contribution in [0.15, 0.2) is 36.4 Å². The van der Waals surface area contributed by atoms with Gasteiger partial charge in [-0.05, 0) is 53.2 Å². The molecule has 5 atom stereocenters. The average molecular weight is 458 g/mol. The van der Waals surface area contributed by atoms with Gasteiger partial charge in [-0.3, -0.25) is 14.4 Å². The largest absolute Gasteiger partial charge is 0.359 e. The highest BCUT2D eigenvalue weighted by atomic mass is 19.1. The number of halogens is 1. The summed E-state index contributed by atoms with van der Waals surface area (Å²) in [6, 6.07) is 4.96. The van der Waals surface area contributed by atoms with Crippen LogP contribution in [0.3, 0.4) is 0 Å². The summed E-state index contributed by atoms with van der Waals surface area (Å²) >= 11 is 0. The molecule has 1 aromatic carbocycles. The third-order valence-corrected chi connectivity index (χ3v) is 6.97. The van der Waals surface area contributed by atoms with Gasteiger partial charge in [0.25, 0.3) is 0 Å². The molecular formula is C25H32FN3O4. The SMILES string of the molecule is CCC(C)(C)N1C(=O)[C@@H]2[C@H](C(=O)Nc3ccccc3F)[C@H]3C=C[C@@]2(O3)[C@H]1C(=O)NC(C)(C)C. The van der Waals surface area contributed by atoms with E-state index in [-0.39, 0.29) is 17.5 Å². The fraction of sp³-hybridized carbons (Fsp3) is 0.560. The van der Waals surface area contributed by atoms with Crippen molar-refractivity contribution in [2.24, 2.45) is 11.8 Å². The number of anilines is 1. The molecule has 1 aromatic rings. The van der Waals surface area contributed by atoms with Crippen LogP contribution in [0.1, 0.15) is 48.0 Å². The Balaban J connectivity index is 1.74. The van der Waals surface area contributed by atoms with Crippen molar-refractivity contribution in [3.8, 4) is 0 Å². The molecule has 3 aliphatic rings. The van der Waals surface area contributed by atoms with E-state index in [1.54, 1.807) is 23.1 Å². The van der Waals surface area contributed by atoms with E-state index < -0.39 is 52.4 Å². The van der Waals surface area contributed by atoms with Gasteiger partial charge in [-0.1, -0.05) is 31.2 Å². The number of para-hydroxylation sites is 1. The van der Waals surface area contributed by atoms with E-state index in [9.17, 15) is 18.8 Å². The van der Waals surface area contributed by atoms with E-state index in [1.807, 2.05) is 41.5 Å². The minimum atomic E-state index is -1.25. The van der Waals surface area contributed by atoms with Crippen LogP contribution in [0.25, 0.3) is 0 Å². The molecule has 33 heavy (non-hydrogen) atoms. The highest BCUT2D eigenvalue weighted by Gasteiger charge is 2.74. The van der Waals surface area contributed by atoms with Crippen molar-refractivity contribution in [2.75, 3.05) is 5.32 Å². The number of carbonyl (C=O) groups excluding carboxylic acids is 3. The quantitative estimate of drug-likeness (QED) is 0.666. The van der Waals surface area contributed by atoms with Crippen molar-refractivity contribution >= 4 is 23.4 Å². The van der Waals surface area contributed by atoms with E-state index in [0.717, 1.165) is 0 Å². The van der Waals surface area contributed by atoms with Crippen LogP contribution < -0.4 is 10.6 Å². The summed E-state index contributed by atoms with van der Waals surface area (Å²) < 4.78 is 20.5. The van der Waals surface area contributed by atoms with E-state index >= 15 is 0 Å². The fourth-order valence-corrected chi connectivity index (χ4v) is 5.21. The molecule has 4 rings (SSSR count). The molecule has 0 saturated carbocycles. The van der Waals surface area contributed by atoms with Crippen LogP contribution in [-0.2, 0) is 19.1 Å². The number of nitrogens with zero attached hydrogens (tertiary/aromatic N) is 1. The lowest BCUT2D eigenvalue weighted by molar-refractivity contribution is -0.147. The predicted octanol–water partition coefficient (Wildman–Crippen LogP) is 3.02. The Morgan fingerprint density at radius 2 is 1.82 bits per heavy atom. The van der Waals surface area contributed by atoms with Crippen LogP contribution in [0.2, 0.25) is 0 Å². The van der Waals surface area contributed by atoms with Crippen molar-refractivity contribution < 1.29 is 23.5 Å². The molecule has 1 spiro atoms. The first-order valence-corrected chi connectivity index (χ1v) is 11.4. The Kier molecular flexibility index (Phi) is 5.43. The lowest BCUT2D eigenvalue weighted by Gasteiger charge is -2.42. The maximum atomic E-state index is 14.2. The number of hydrogen-bond acceptors (Lipinski definition) is 4. The third-order valence-electron chi connectivity index (χ3n) is 6.97. The molecule has 2 bridgehead atoms. The molecule has 7 nitrogen and oxygen atoms in total. The Bertz CT molecular complexity index is 1030. The van der Waals surface area contributed by atoms with Gasteiger partial charge in [0.15, 0.2) is 0 Å². The first-order chi connectivity index (χ1) is 15.3. The van der Waals surface area contributed by atoms with Gasteiger partial charge >= 0.3 is 0 Å². The summed E-state index contributed by atoms with van der Waals surface area (Å²) in [5.41, 5.74) is -2.36. The van der Waals surface area contributed by atoms with Gasteiger partial charge in [0.2, 0.25) is 17.7 Å². The molecular weight excluding hydrogens is 425 g/mol. The summed E-state index contributed by atoms with van der Waals surface area (Å²) in [7, 11) is 0. The minimum absolute atomic E-state index is 0.0431. The second-order valence-corrected chi connectivity index (χ2v) is 10.8. The number of fused-ring (bicyclic) bond motifs is 1. The number of benzene rings is 1. The maximum absolute atomic E-state index is 14.2. The van der Waals surface area contributed by atoms with Gasteiger partial charge in [-0.15, -0.1) is 0 Å². The van der Waals surface area contributed by atoms with Gasteiger partial charge in [-0.2, -0.15) is 0 Å². The van der Waals surface area contributed by atoms with E-state index in [0.29, 0.717) is 6.42 Å². The molecule has 0 radical (unpaired) electrons. The maximum Gasteiger partial charge on any atom is 0.246 e. The van der Waals surface area contributed by atoms with E-state index in [1.165, 1.54) is 18.2 Å². The number of nitrogens with one attached hydrogen (secondary N) is 2. The second-order valence-electron chi connectivity index (χ2n) is 10.8. The zero-order valence-electron chi connectivity index (χ0n) is 19.9. The molecule has 0 aromatic heterocycles.